The Morgan fingerprint density at radius 1 is 1.39 bits per heavy atom. The zero-order valence-corrected chi connectivity index (χ0v) is 11.3. The summed E-state index contributed by atoms with van der Waals surface area (Å²) in [5.74, 6) is 0. The van der Waals surface area contributed by atoms with Gasteiger partial charge < -0.3 is 4.79 Å². The molecule has 1 unspecified atom stereocenters. The first-order chi connectivity index (χ1) is 8.61. The van der Waals surface area contributed by atoms with Crippen LogP contribution in [0.3, 0.4) is 0 Å². The Bertz CT molecular complexity index is 582. The molecule has 0 amide bonds. The first-order valence-corrected chi connectivity index (χ1v) is 6.71. The maximum Gasteiger partial charge on any atom is 0.269 e. The van der Waals surface area contributed by atoms with Crippen LogP contribution in [-0.2, 0) is 4.79 Å². The monoisotopic (exact) mass is 326 g/mol. The minimum atomic E-state index is -0.446. The lowest BCUT2D eigenvalue weighted by atomic mass is 10.2. The Kier molecular flexibility index (Phi) is 3.83. The fourth-order valence-electron chi connectivity index (χ4n) is 1.34. The molecule has 1 heterocycles. The van der Waals surface area contributed by atoms with Crippen molar-refractivity contribution in [1.29, 1.82) is 0 Å². The molecule has 0 radical (unpaired) electrons. The number of nitrogens with zero attached hydrogens (tertiary/aromatic N) is 2. The lowest BCUT2D eigenvalue weighted by Crippen LogP contribution is -1.90. The summed E-state index contributed by atoms with van der Waals surface area (Å²) in [6, 6.07) is 6.15. The van der Waals surface area contributed by atoms with Gasteiger partial charge in [-0.1, -0.05) is 15.9 Å². The normalized spacial score (nSPS) is 12.1. The van der Waals surface area contributed by atoms with E-state index in [0.717, 1.165) is 16.9 Å². The van der Waals surface area contributed by atoms with E-state index in [4.69, 9.17) is 0 Å². The molecule has 0 aliphatic carbocycles. The van der Waals surface area contributed by atoms with Crippen LogP contribution in [0.25, 0.3) is 10.6 Å². The summed E-state index contributed by atoms with van der Waals surface area (Å²) in [6.45, 7) is 0. The van der Waals surface area contributed by atoms with E-state index >= 15 is 0 Å². The van der Waals surface area contributed by atoms with Crippen LogP contribution in [0.1, 0.15) is 10.5 Å². The zero-order chi connectivity index (χ0) is 13.1. The van der Waals surface area contributed by atoms with Crippen LogP contribution in [0.15, 0.2) is 29.6 Å². The van der Waals surface area contributed by atoms with Gasteiger partial charge in [-0.05, 0) is 12.1 Å². The van der Waals surface area contributed by atoms with Crippen molar-refractivity contribution in [3.05, 3.63) is 45.5 Å². The standard InChI is InChI=1S/C11H7BrN2O3S/c12-9(5-15)10-6-18-11(13-10)7-1-3-8(4-2-7)14(16)17/h1-6,9H. The van der Waals surface area contributed by atoms with E-state index < -0.39 is 9.75 Å². The lowest BCUT2D eigenvalue weighted by Gasteiger charge is -1.97. The molecule has 0 spiro atoms. The minimum Gasteiger partial charge on any atom is -0.302 e. The molecule has 0 saturated heterocycles. The maximum atomic E-state index is 10.6. The van der Waals surface area contributed by atoms with Gasteiger partial charge in [0.25, 0.3) is 5.69 Å². The van der Waals surface area contributed by atoms with Gasteiger partial charge in [0.1, 0.15) is 16.1 Å². The molecule has 1 aromatic heterocycles. The number of non-ortho nitro benzene ring substituents is 1. The molecular formula is C11H7BrN2O3S. The number of benzene rings is 1. The third kappa shape index (κ3) is 2.62. The summed E-state index contributed by atoms with van der Waals surface area (Å²) in [5, 5.41) is 13.0. The molecule has 7 heteroatoms. The second-order valence-corrected chi connectivity index (χ2v) is 5.26. The number of hydrogen-bond acceptors (Lipinski definition) is 5. The summed E-state index contributed by atoms with van der Waals surface area (Å²) >= 11 is 4.58. The number of aromatic nitrogens is 1. The van der Waals surface area contributed by atoms with Crippen molar-refractivity contribution in [2.45, 2.75) is 4.83 Å². The van der Waals surface area contributed by atoms with Crippen molar-refractivity contribution in [2.24, 2.45) is 0 Å². The molecule has 1 aromatic carbocycles. The largest absolute Gasteiger partial charge is 0.302 e. The Balaban J connectivity index is 2.28. The van der Waals surface area contributed by atoms with E-state index in [9.17, 15) is 14.9 Å². The van der Waals surface area contributed by atoms with Gasteiger partial charge >= 0.3 is 0 Å². The predicted molar refractivity (Wildman–Crippen MR) is 71.9 cm³/mol. The van der Waals surface area contributed by atoms with E-state index in [1.807, 2.05) is 0 Å². The second kappa shape index (κ2) is 5.36. The fourth-order valence-corrected chi connectivity index (χ4v) is 2.61. The van der Waals surface area contributed by atoms with Crippen molar-refractivity contribution in [2.75, 3.05) is 0 Å². The number of hydrogen-bond donors (Lipinski definition) is 0. The fraction of sp³-hybridized carbons (Fsp3) is 0.0909. The van der Waals surface area contributed by atoms with Crippen LogP contribution < -0.4 is 0 Å². The van der Waals surface area contributed by atoms with Gasteiger partial charge in [-0.25, -0.2) is 4.98 Å². The van der Waals surface area contributed by atoms with Gasteiger partial charge in [-0.3, -0.25) is 10.1 Å². The summed E-state index contributed by atoms with van der Waals surface area (Å²) in [6.07, 6.45) is 0.759. The minimum absolute atomic E-state index is 0.0433. The average molecular weight is 327 g/mol. The number of alkyl halides is 1. The number of nitro groups is 1. The Morgan fingerprint density at radius 3 is 2.61 bits per heavy atom. The SMILES string of the molecule is O=CC(Br)c1csc(-c2ccc([N+](=O)[O-])cc2)n1. The molecule has 0 bridgehead atoms. The molecule has 0 saturated carbocycles. The molecule has 2 rings (SSSR count). The molecule has 1 atom stereocenters. The van der Waals surface area contributed by atoms with Crippen LogP contribution in [0.2, 0.25) is 0 Å². The first-order valence-electron chi connectivity index (χ1n) is 4.91. The quantitative estimate of drug-likeness (QED) is 0.374. The molecule has 0 N–H and O–H groups in total. The Labute approximate surface area is 115 Å². The van der Waals surface area contributed by atoms with E-state index in [2.05, 4.69) is 20.9 Å². The summed E-state index contributed by atoms with van der Waals surface area (Å²) in [5.41, 5.74) is 1.48. The highest BCUT2D eigenvalue weighted by Crippen LogP contribution is 2.29. The number of halogens is 1. The van der Waals surface area contributed by atoms with Crippen molar-refractivity contribution >= 4 is 39.2 Å². The van der Waals surface area contributed by atoms with E-state index in [1.165, 1.54) is 23.5 Å². The third-order valence-corrected chi connectivity index (χ3v) is 3.84. The number of nitro benzene ring substituents is 1. The van der Waals surface area contributed by atoms with Crippen LogP contribution >= 0.6 is 27.3 Å². The number of thiazole rings is 1. The summed E-state index contributed by atoms with van der Waals surface area (Å²) in [7, 11) is 0. The molecule has 0 fully saturated rings. The van der Waals surface area contributed by atoms with Gasteiger partial charge in [0.05, 0.1) is 10.6 Å². The summed E-state index contributed by atoms with van der Waals surface area (Å²) in [4.78, 5) is 24.6. The molecule has 92 valence electrons. The van der Waals surface area contributed by atoms with Crippen molar-refractivity contribution in [3.63, 3.8) is 0 Å². The Morgan fingerprint density at radius 2 is 2.06 bits per heavy atom. The van der Waals surface area contributed by atoms with E-state index in [0.29, 0.717) is 5.69 Å². The average Bonchev–Trinajstić information content (AvgIpc) is 2.87. The third-order valence-electron chi connectivity index (χ3n) is 2.25. The van der Waals surface area contributed by atoms with Crippen molar-refractivity contribution in [1.82, 2.24) is 4.98 Å². The highest BCUT2D eigenvalue weighted by molar-refractivity contribution is 9.09. The van der Waals surface area contributed by atoms with Crippen LogP contribution in [0.5, 0.6) is 0 Å². The van der Waals surface area contributed by atoms with Gasteiger partial charge in [-0.2, -0.15) is 0 Å². The number of carbonyl (C=O) groups excluding carboxylic acids is 1. The van der Waals surface area contributed by atoms with Crippen molar-refractivity contribution in [3.8, 4) is 10.6 Å². The molecule has 2 aromatic rings. The highest BCUT2D eigenvalue weighted by Gasteiger charge is 2.12. The maximum absolute atomic E-state index is 10.6. The van der Waals surface area contributed by atoms with Crippen LogP contribution in [-0.4, -0.2) is 16.2 Å². The van der Waals surface area contributed by atoms with Gasteiger partial charge in [0, 0.05) is 23.1 Å². The number of rotatable bonds is 4. The Hall–Kier alpha value is -1.60. The molecule has 5 nitrogen and oxygen atoms in total. The number of aldehydes is 1. The first kappa shape index (κ1) is 12.8. The smallest absolute Gasteiger partial charge is 0.269 e. The van der Waals surface area contributed by atoms with E-state index in [1.54, 1.807) is 17.5 Å². The van der Waals surface area contributed by atoms with Gasteiger partial charge in [-0.15, -0.1) is 11.3 Å². The zero-order valence-electron chi connectivity index (χ0n) is 8.95. The van der Waals surface area contributed by atoms with Gasteiger partial charge in [0.2, 0.25) is 0 Å². The topological polar surface area (TPSA) is 73.1 Å². The number of carbonyl (C=O) groups is 1. The second-order valence-electron chi connectivity index (χ2n) is 3.42. The van der Waals surface area contributed by atoms with Crippen LogP contribution in [0.4, 0.5) is 5.69 Å². The molecule has 0 aliphatic heterocycles. The summed E-state index contributed by atoms with van der Waals surface area (Å²) < 4.78 is 0. The van der Waals surface area contributed by atoms with Gasteiger partial charge in [0.15, 0.2) is 0 Å². The van der Waals surface area contributed by atoms with Crippen LogP contribution in [0, 0.1) is 10.1 Å². The molecule has 18 heavy (non-hydrogen) atoms. The molecule has 0 aliphatic rings. The van der Waals surface area contributed by atoms with Crippen molar-refractivity contribution < 1.29 is 9.72 Å². The highest BCUT2D eigenvalue weighted by atomic mass is 79.9. The van der Waals surface area contributed by atoms with E-state index in [-0.39, 0.29) is 5.69 Å². The predicted octanol–water partition coefficient (Wildman–Crippen LogP) is 3.35. The lowest BCUT2D eigenvalue weighted by molar-refractivity contribution is -0.384. The molecular weight excluding hydrogens is 320 g/mol.